The molecule has 2 aromatic rings. The predicted octanol–water partition coefficient (Wildman–Crippen LogP) is 4.86. The fourth-order valence-electron chi connectivity index (χ4n) is 1.78. The molecule has 2 amide bonds. The van der Waals surface area contributed by atoms with E-state index in [-0.39, 0.29) is 18.2 Å². The second kappa shape index (κ2) is 8.55. The Balaban J connectivity index is 1.75. The summed E-state index contributed by atoms with van der Waals surface area (Å²) in [4.78, 5) is 23.6. The molecule has 23 heavy (non-hydrogen) atoms. The predicted molar refractivity (Wildman–Crippen MR) is 96.0 cm³/mol. The van der Waals surface area contributed by atoms with Crippen LogP contribution in [0.5, 0.6) is 0 Å². The maximum atomic E-state index is 11.9. The molecule has 1 heterocycles. The fourth-order valence-corrected chi connectivity index (χ4v) is 3.01. The molecule has 0 unspecified atom stereocenters. The van der Waals surface area contributed by atoms with E-state index in [1.807, 2.05) is 5.38 Å². The largest absolute Gasteiger partial charge is 0.352 e. The monoisotopic (exact) mass is 390 g/mol. The van der Waals surface area contributed by atoms with Crippen molar-refractivity contribution >= 4 is 63.6 Å². The van der Waals surface area contributed by atoms with Crippen LogP contribution in [0, 0.1) is 0 Å². The zero-order valence-electron chi connectivity index (χ0n) is 11.9. The number of thiophene rings is 1. The number of halogens is 3. The van der Waals surface area contributed by atoms with Gasteiger partial charge in [0.15, 0.2) is 0 Å². The number of carbonyl (C=O) groups is 2. The number of carbonyl (C=O) groups excluding carboxylic acids is 2. The molecule has 0 saturated heterocycles. The molecule has 0 aliphatic rings. The lowest BCUT2D eigenvalue weighted by Gasteiger charge is -2.09. The average Bonchev–Trinajstić information content (AvgIpc) is 3.03. The molecular weight excluding hydrogens is 379 g/mol. The van der Waals surface area contributed by atoms with E-state index in [0.29, 0.717) is 39.3 Å². The first-order valence-electron chi connectivity index (χ1n) is 6.72. The van der Waals surface area contributed by atoms with Crippen LogP contribution in [0.1, 0.15) is 23.2 Å². The number of benzene rings is 1. The maximum Gasteiger partial charge on any atom is 0.252 e. The second-order valence-corrected chi connectivity index (χ2v) is 6.67. The Morgan fingerprint density at radius 3 is 2.52 bits per heavy atom. The van der Waals surface area contributed by atoms with Gasteiger partial charge in [-0.1, -0.05) is 34.8 Å². The van der Waals surface area contributed by atoms with Gasteiger partial charge in [0.2, 0.25) is 5.91 Å². The van der Waals surface area contributed by atoms with E-state index in [0.717, 1.165) is 0 Å². The maximum absolute atomic E-state index is 11.9. The van der Waals surface area contributed by atoms with Gasteiger partial charge in [-0.05, 0) is 30.0 Å². The van der Waals surface area contributed by atoms with Gasteiger partial charge < -0.3 is 10.6 Å². The van der Waals surface area contributed by atoms with Crippen molar-refractivity contribution in [2.45, 2.75) is 12.8 Å². The zero-order valence-corrected chi connectivity index (χ0v) is 15.0. The summed E-state index contributed by atoms with van der Waals surface area (Å²) in [6.07, 6.45) is 0.765. The third kappa shape index (κ3) is 5.39. The summed E-state index contributed by atoms with van der Waals surface area (Å²) >= 11 is 19.2. The van der Waals surface area contributed by atoms with E-state index in [1.165, 1.54) is 23.5 Å². The number of hydrogen-bond acceptors (Lipinski definition) is 3. The minimum atomic E-state index is -0.213. The van der Waals surface area contributed by atoms with E-state index in [1.54, 1.807) is 11.4 Å². The van der Waals surface area contributed by atoms with Crippen LogP contribution in [0.2, 0.25) is 15.1 Å². The lowest BCUT2D eigenvalue weighted by molar-refractivity contribution is -0.116. The van der Waals surface area contributed by atoms with E-state index in [9.17, 15) is 9.59 Å². The van der Waals surface area contributed by atoms with Crippen LogP contribution in [0.3, 0.4) is 0 Å². The molecule has 0 spiro atoms. The van der Waals surface area contributed by atoms with Gasteiger partial charge in [-0.15, -0.1) is 0 Å². The number of amides is 2. The molecule has 0 saturated carbocycles. The molecule has 2 rings (SSSR count). The highest BCUT2D eigenvalue weighted by Gasteiger charge is 2.10. The van der Waals surface area contributed by atoms with Crippen molar-refractivity contribution in [1.29, 1.82) is 0 Å². The van der Waals surface area contributed by atoms with Crippen LogP contribution < -0.4 is 10.6 Å². The molecule has 4 nitrogen and oxygen atoms in total. The Bertz CT molecular complexity index is 705. The normalized spacial score (nSPS) is 10.4. The summed E-state index contributed by atoms with van der Waals surface area (Å²) in [5.74, 6) is -0.353. The molecule has 0 atom stereocenters. The molecule has 0 fully saturated rings. The van der Waals surface area contributed by atoms with Crippen molar-refractivity contribution in [1.82, 2.24) is 5.32 Å². The van der Waals surface area contributed by atoms with Crippen LogP contribution in [0.4, 0.5) is 5.69 Å². The van der Waals surface area contributed by atoms with Crippen molar-refractivity contribution in [3.8, 4) is 0 Å². The van der Waals surface area contributed by atoms with Crippen molar-refractivity contribution < 1.29 is 9.59 Å². The average molecular weight is 392 g/mol. The topological polar surface area (TPSA) is 58.2 Å². The van der Waals surface area contributed by atoms with Gasteiger partial charge in [0, 0.05) is 23.9 Å². The minimum Gasteiger partial charge on any atom is -0.352 e. The number of hydrogen-bond donors (Lipinski definition) is 2. The van der Waals surface area contributed by atoms with Gasteiger partial charge >= 0.3 is 0 Å². The summed E-state index contributed by atoms with van der Waals surface area (Å²) in [6.45, 7) is 0.414. The third-order valence-electron chi connectivity index (χ3n) is 2.93. The minimum absolute atomic E-state index is 0.140. The molecule has 0 radical (unpaired) electrons. The van der Waals surface area contributed by atoms with Gasteiger partial charge in [0.05, 0.1) is 20.8 Å². The van der Waals surface area contributed by atoms with Gasteiger partial charge in [0.1, 0.15) is 0 Å². The lowest BCUT2D eigenvalue weighted by Crippen LogP contribution is -2.25. The van der Waals surface area contributed by atoms with Crippen LogP contribution in [-0.4, -0.2) is 18.4 Å². The fraction of sp³-hybridized carbons (Fsp3) is 0.200. The van der Waals surface area contributed by atoms with E-state index in [4.69, 9.17) is 34.8 Å². The van der Waals surface area contributed by atoms with Gasteiger partial charge in [-0.25, -0.2) is 0 Å². The summed E-state index contributed by atoms with van der Waals surface area (Å²) in [5, 5.41) is 9.99. The molecule has 0 bridgehead atoms. The van der Waals surface area contributed by atoms with Crippen molar-refractivity contribution in [2.75, 3.05) is 11.9 Å². The van der Waals surface area contributed by atoms with E-state index >= 15 is 0 Å². The number of anilines is 1. The van der Waals surface area contributed by atoms with Crippen LogP contribution >= 0.6 is 46.1 Å². The first kappa shape index (κ1) is 18.1. The zero-order chi connectivity index (χ0) is 16.8. The molecule has 0 aliphatic heterocycles. The Labute approximate surface area is 152 Å². The summed E-state index contributed by atoms with van der Waals surface area (Å²) in [5.41, 5.74) is 1.04. The third-order valence-corrected chi connectivity index (χ3v) is 4.65. The smallest absolute Gasteiger partial charge is 0.252 e. The summed E-state index contributed by atoms with van der Waals surface area (Å²) < 4.78 is 0. The Morgan fingerprint density at radius 1 is 1.09 bits per heavy atom. The van der Waals surface area contributed by atoms with Crippen molar-refractivity contribution in [2.24, 2.45) is 0 Å². The molecular formula is C15H13Cl3N2O2S. The Hall–Kier alpha value is -1.27. The first-order valence-corrected chi connectivity index (χ1v) is 8.80. The molecule has 122 valence electrons. The van der Waals surface area contributed by atoms with Gasteiger partial charge in [0.25, 0.3) is 5.91 Å². The van der Waals surface area contributed by atoms with Crippen LogP contribution in [-0.2, 0) is 4.79 Å². The molecule has 0 aliphatic carbocycles. The highest BCUT2D eigenvalue weighted by Crippen LogP contribution is 2.32. The van der Waals surface area contributed by atoms with Crippen LogP contribution in [0.25, 0.3) is 0 Å². The van der Waals surface area contributed by atoms with Gasteiger partial charge in [-0.2, -0.15) is 11.3 Å². The standard InChI is InChI=1S/C15H13Cl3N2O2S/c16-10-6-12(18)13(7-11(10)17)20-14(21)2-1-4-19-15(22)9-3-5-23-8-9/h3,5-8H,1-2,4H2,(H,19,22)(H,20,21). The first-order chi connectivity index (χ1) is 11.0. The SMILES string of the molecule is O=C(CCCNC(=O)c1ccsc1)Nc1cc(Cl)c(Cl)cc1Cl. The Morgan fingerprint density at radius 2 is 1.83 bits per heavy atom. The molecule has 8 heteroatoms. The lowest BCUT2D eigenvalue weighted by atomic mass is 10.2. The highest BCUT2D eigenvalue weighted by molar-refractivity contribution is 7.08. The van der Waals surface area contributed by atoms with Crippen molar-refractivity contribution in [3.63, 3.8) is 0 Å². The quantitative estimate of drug-likeness (QED) is 0.546. The molecule has 2 N–H and O–H groups in total. The number of rotatable bonds is 6. The summed E-state index contributed by atoms with van der Waals surface area (Å²) in [7, 11) is 0. The van der Waals surface area contributed by atoms with Crippen LogP contribution in [0.15, 0.2) is 29.0 Å². The van der Waals surface area contributed by atoms with Gasteiger partial charge in [-0.3, -0.25) is 9.59 Å². The van der Waals surface area contributed by atoms with Crippen molar-refractivity contribution in [3.05, 3.63) is 49.6 Å². The van der Waals surface area contributed by atoms with E-state index < -0.39 is 0 Å². The molecule has 1 aromatic heterocycles. The molecule has 1 aromatic carbocycles. The second-order valence-electron chi connectivity index (χ2n) is 4.67. The highest BCUT2D eigenvalue weighted by atomic mass is 35.5. The Kier molecular flexibility index (Phi) is 6.72. The van der Waals surface area contributed by atoms with E-state index in [2.05, 4.69) is 10.6 Å². The number of nitrogens with one attached hydrogen (secondary N) is 2. The summed E-state index contributed by atoms with van der Waals surface area (Å²) in [6, 6.07) is 4.73.